The Morgan fingerprint density at radius 1 is 1.27 bits per heavy atom. The van der Waals surface area contributed by atoms with Crippen LogP contribution in [0, 0.1) is 6.92 Å². The molecule has 0 radical (unpaired) electrons. The lowest BCUT2D eigenvalue weighted by atomic mass is 10.2. The van der Waals surface area contributed by atoms with Gasteiger partial charge < -0.3 is 4.74 Å². The van der Waals surface area contributed by atoms with Crippen molar-refractivity contribution in [3.05, 3.63) is 29.8 Å². The first-order chi connectivity index (χ1) is 7.33. The normalized spacial score (nSPS) is 9.07. The highest BCUT2D eigenvalue weighted by molar-refractivity contribution is 7.98. The molecule has 0 fully saturated rings. The lowest BCUT2D eigenvalue weighted by Gasteiger charge is -2.05. The van der Waals surface area contributed by atoms with Crippen molar-refractivity contribution in [1.29, 1.82) is 0 Å². The van der Waals surface area contributed by atoms with Crippen LogP contribution >= 0.6 is 11.8 Å². The van der Waals surface area contributed by atoms with E-state index in [1.54, 1.807) is 0 Å². The molecular weight excluding hydrogens is 204 g/mol. The minimum atomic E-state index is 0.824. The summed E-state index contributed by atoms with van der Waals surface area (Å²) in [5, 5.41) is 0. The van der Waals surface area contributed by atoms with Crippen LogP contribution in [0.2, 0.25) is 0 Å². The van der Waals surface area contributed by atoms with Crippen molar-refractivity contribution in [2.45, 2.75) is 27.2 Å². The minimum absolute atomic E-state index is 0.824. The van der Waals surface area contributed by atoms with E-state index in [1.165, 1.54) is 11.3 Å². The van der Waals surface area contributed by atoms with Gasteiger partial charge in [-0.1, -0.05) is 26.0 Å². The Balaban J connectivity index is 0.000000921. The first-order valence-corrected chi connectivity index (χ1v) is 6.90. The van der Waals surface area contributed by atoms with Crippen LogP contribution in [0.15, 0.2) is 24.3 Å². The maximum absolute atomic E-state index is 5.58. The summed E-state index contributed by atoms with van der Waals surface area (Å²) in [7, 11) is 0. The zero-order chi connectivity index (χ0) is 11.5. The Morgan fingerprint density at radius 2 is 2.00 bits per heavy atom. The van der Waals surface area contributed by atoms with Crippen LogP contribution in [0.25, 0.3) is 0 Å². The monoisotopic (exact) mass is 226 g/mol. The number of hydrogen-bond donors (Lipinski definition) is 0. The number of rotatable bonds is 5. The second kappa shape index (κ2) is 9.91. The van der Waals surface area contributed by atoms with Crippen molar-refractivity contribution in [3.8, 4) is 5.75 Å². The third kappa shape index (κ3) is 7.32. The van der Waals surface area contributed by atoms with Gasteiger partial charge in [0.2, 0.25) is 0 Å². The van der Waals surface area contributed by atoms with E-state index in [-0.39, 0.29) is 0 Å². The number of hydrogen-bond acceptors (Lipinski definition) is 2. The quantitative estimate of drug-likeness (QED) is 0.697. The summed E-state index contributed by atoms with van der Waals surface area (Å²) in [6.45, 7) is 6.90. The van der Waals surface area contributed by atoms with E-state index >= 15 is 0 Å². The second-order valence-electron chi connectivity index (χ2n) is 3.01. The molecule has 1 nitrogen and oxygen atoms in total. The molecule has 2 heteroatoms. The van der Waals surface area contributed by atoms with Gasteiger partial charge in [-0.05, 0) is 43.0 Å². The Labute approximate surface area is 98.2 Å². The fourth-order valence-electron chi connectivity index (χ4n) is 1.10. The van der Waals surface area contributed by atoms with Gasteiger partial charge >= 0.3 is 0 Å². The Morgan fingerprint density at radius 3 is 2.60 bits per heavy atom. The van der Waals surface area contributed by atoms with Gasteiger partial charge in [0.1, 0.15) is 5.75 Å². The summed E-state index contributed by atoms with van der Waals surface area (Å²) >= 11 is 1.86. The van der Waals surface area contributed by atoms with Gasteiger partial charge in [0.05, 0.1) is 6.61 Å². The average molecular weight is 226 g/mol. The highest BCUT2D eigenvalue weighted by Crippen LogP contribution is 2.12. The average Bonchev–Trinajstić information content (AvgIpc) is 2.27. The summed E-state index contributed by atoms with van der Waals surface area (Å²) in [4.78, 5) is 0. The first-order valence-electron chi connectivity index (χ1n) is 5.51. The maximum Gasteiger partial charge on any atom is 0.119 e. The van der Waals surface area contributed by atoms with Crippen LogP contribution in [-0.4, -0.2) is 18.6 Å². The molecule has 0 aromatic heterocycles. The first kappa shape index (κ1) is 14.4. The van der Waals surface area contributed by atoms with Crippen molar-refractivity contribution >= 4 is 11.8 Å². The Bertz CT molecular complexity index is 248. The van der Waals surface area contributed by atoms with E-state index in [0.29, 0.717) is 0 Å². The largest absolute Gasteiger partial charge is 0.494 e. The summed E-state index contributed by atoms with van der Waals surface area (Å²) in [5.41, 5.74) is 1.25. The number of thioether (sulfide) groups is 1. The molecule has 0 aliphatic rings. The van der Waals surface area contributed by atoms with E-state index in [2.05, 4.69) is 25.3 Å². The molecule has 0 bridgehead atoms. The SMILES string of the molecule is CC.CSCCCOc1cccc(C)c1. The molecule has 0 saturated heterocycles. The van der Waals surface area contributed by atoms with Gasteiger partial charge in [-0.2, -0.15) is 11.8 Å². The third-order valence-corrected chi connectivity index (χ3v) is 2.45. The van der Waals surface area contributed by atoms with Crippen molar-refractivity contribution in [3.63, 3.8) is 0 Å². The van der Waals surface area contributed by atoms with Crippen LogP contribution in [-0.2, 0) is 0 Å². The molecule has 0 spiro atoms. The zero-order valence-corrected chi connectivity index (χ0v) is 11.1. The van der Waals surface area contributed by atoms with E-state index in [4.69, 9.17) is 4.74 Å². The maximum atomic E-state index is 5.58. The van der Waals surface area contributed by atoms with Crippen molar-refractivity contribution in [1.82, 2.24) is 0 Å². The summed E-state index contributed by atoms with van der Waals surface area (Å²) in [6.07, 6.45) is 3.24. The topological polar surface area (TPSA) is 9.23 Å². The van der Waals surface area contributed by atoms with Crippen molar-refractivity contribution in [2.75, 3.05) is 18.6 Å². The molecule has 0 unspecified atom stereocenters. The summed E-state index contributed by atoms with van der Waals surface area (Å²) in [5.74, 6) is 2.16. The molecule has 0 aliphatic heterocycles. The number of aryl methyl sites for hydroxylation is 1. The number of benzene rings is 1. The molecule has 0 N–H and O–H groups in total. The van der Waals surface area contributed by atoms with Crippen LogP contribution in [0.4, 0.5) is 0 Å². The molecule has 1 aromatic carbocycles. The van der Waals surface area contributed by atoms with E-state index < -0.39 is 0 Å². The van der Waals surface area contributed by atoms with Gasteiger partial charge in [0.15, 0.2) is 0 Å². The molecule has 15 heavy (non-hydrogen) atoms. The van der Waals surface area contributed by atoms with E-state index in [0.717, 1.165) is 18.8 Å². The standard InChI is InChI=1S/C11H16OS.C2H6/c1-10-5-3-6-11(9-10)12-7-4-8-13-2;1-2/h3,5-6,9H,4,7-8H2,1-2H3;1-2H3. The summed E-state index contributed by atoms with van der Waals surface area (Å²) in [6, 6.07) is 8.18. The van der Waals surface area contributed by atoms with Crippen LogP contribution in [0.1, 0.15) is 25.8 Å². The zero-order valence-electron chi connectivity index (χ0n) is 10.2. The predicted molar refractivity (Wildman–Crippen MR) is 71.0 cm³/mol. The Hall–Kier alpha value is -0.630. The Kier molecular flexibility index (Phi) is 9.49. The van der Waals surface area contributed by atoms with Gasteiger partial charge in [0, 0.05) is 0 Å². The minimum Gasteiger partial charge on any atom is -0.494 e. The fourth-order valence-corrected chi connectivity index (χ4v) is 1.50. The molecular formula is C13H22OS. The van der Waals surface area contributed by atoms with Crippen LogP contribution in [0.5, 0.6) is 5.75 Å². The molecule has 0 heterocycles. The van der Waals surface area contributed by atoms with Crippen molar-refractivity contribution < 1.29 is 4.74 Å². The van der Waals surface area contributed by atoms with Gasteiger partial charge in [-0.3, -0.25) is 0 Å². The van der Waals surface area contributed by atoms with Crippen molar-refractivity contribution in [2.24, 2.45) is 0 Å². The highest BCUT2D eigenvalue weighted by atomic mass is 32.2. The van der Waals surface area contributed by atoms with Gasteiger partial charge in [-0.25, -0.2) is 0 Å². The lowest BCUT2D eigenvalue weighted by molar-refractivity contribution is 0.318. The molecule has 1 aromatic rings. The van der Waals surface area contributed by atoms with E-state index in [1.807, 2.05) is 37.7 Å². The smallest absolute Gasteiger partial charge is 0.119 e. The predicted octanol–water partition coefficient (Wildman–Crippen LogP) is 4.15. The highest BCUT2D eigenvalue weighted by Gasteiger charge is 1.92. The summed E-state index contributed by atoms with van der Waals surface area (Å²) < 4.78 is 5.58. The molecule has 86 valence electrons. The van der Waals surface area contributed by atoms with E-state index in [9.17, 15) is 0 Å². The second-order valence-corrected chi connectivity index (χ2v) is 4.00. The third-order valence-electron chi connectivity index (χ3n) is 1.75. The molecule has 1 rings (SSSR count). The van der Waals surface area contributed by atoms with Crippen LogP contribution in [0.3, 0.4) is 0 Å². The molecule has 0 saturated carbocycles. The van der Waals surface area contributed by atoms with Crippen LogP contribution < -0.4 is 4.74 Å². The molecule has 0 atom stereocenters. The van der Waals surface area contributed by atoms with Gasteiger partial charge in [0.25, 0.3) is 0 Å². The lowest BCUT2D eigenvalue weighted by Crippen LogP contribution is -1.98. The molecule has 0 aliphatic carbocycles. The number of ether oxygens (including phenoxy) is 1. The van der Waals surface area contributed by atoms with Gasteiger partial charge in [-0.15, -0.1) is 0 Å². The molecule has 0 amide bonds. The fraction of sp³-hybridized carbons (Fsp3) is 0.538.